The summed E-state index contributed by atoms with van der Waals surface area (Å²) in [5, 5.41) is 0. The van der Waals surface area contributed by atoms with Crippen LogP contribution >= 0.6 is 0 Å². The molecule has 1 heterocycles. The molecule has 0 spiro atoms. The molecule has 2 atom stereocenters. The minimum Gasteiger partial charge on any atom is -0.274 e. The standard InChI is InChI=1S/C21H17F5N2O3/c1-11-2-3-12(6-15(11)23)17(25)9-27-19(29)8-20(30)28(21(27)31)10-18(26)13-4-5-14(22)16(24)7-13/h2-7,17-18H,8-10H2,1H3/t17-,18+/m1/s1. The quantitative estimate of drug-likeness (QED) is 0.497. The predicted octanol–water partition coefficient (Wildman–Crippen LogP) is 4.31. The Bertz CT molecular complexity index is 966. The van der Waals surface area contributed by atoms with Crippen molar-refractivity contribution < 1.29 is 36.3 Å². The molecule has 0 aliphatic carbocycles. The number of alkyl halides is 2. The summed E-state index contributed by atoms with van der Waals surface area (Å²) in [7, 11) is 0. The molecule has 0 bridgehead atoms. The smallest absolute Gasteiger partial charge is 0.274 e. The number of urea groups is 1. The van der Waals surface area contributed by atoms with E-state index in [1.807, 2.05) is 0 Å². The Morgan fingerprint density at radius 2 is 1.26 bits per heavy atom. The fraction of sp³-hybridized carbons (Fsp3) is 0.286. The summed E-state index contributed by atoms with van der Waals surface area (Å²) in [4.78, 5) is 37.7. The molecule has 1 fully saturated rings. The third-order valence-corrected chi connectivity index (χ3v) is 4.92. The zero-order valence-electron chi connectivity index (χ0n) is 16.2. The van der Waals surface area contributed by atoms with Crippen LogP contribution in [0.4, 0.5) is 26.7 Å². The maximum atomic E-state index is 14.6. The third-order valence-electron chi connectivity index (χ3n) is 4.92. The number of barbiturate groups is 1. The Labute approximate surface area is 174 Å². The lowest BCUT2D eigenvalue weighted by Gasteiger charge is -2.34. The summed E-state index contributed by atoms with van der Waals surface area (Å²) in [6.45, 7) is -0.192. The number of hydrogen-bond acceptors (Lipinski definition) is 3. The first-order chi connectivity index (χ1) is 14.6. The second-order valence-electron chi connectivity index (χ2n) is 7.09. The van der Waals surface area contributed by atoms with Crippen LogP contribution < -0.4 is 0 Å². The molecule has 0 saturated carbocycles. The lowest BCUT2D eigenvalue weighted by Crippen LogP contribution is -2.56. The maximum absolute atomic E-state index is 14.6. The van der Waals surface area contributed by atoms with Gasteiger partial charge in [-0.3, -0.25) is 19.4 Å². The van der Waals surface area contributed by atoms with Gasteiger partial charge in [0.2, 0.25) is 11.8 Å². The van der Waals surface area contributed by atoms with Crippen LogP contribution in [0, 0.1) is 24.4 Å². The molecular weight excluding hydrogens is 423 g/mol. The summed E-state index contributed by atoms with van der Waals surface area (Å²) in [6.07, 6.45) is -4.80. The van der Waals surface area contributed by atoms with Crippen molar-refractivity contribution >= 4 is 17.8 Å². The number of imide groups is 2. The normalized spacial score (nSPS) is 16.6. The minimum atomic E-state index is -2.06. The van der Waals surface area contributed by atoms with Crippen molar-refractivity contribution in [2.45, 2.75) is 25.7 Å². The van der Waals surface area contributed by atoms with E-state index in [2.05, 4.69) is 0 Å². The van der Waals surface area contributed by atoms with Crippen molar-refractivity contribution in [3.8, 4) is 0 Å². The molecule has 0 N–H and O–H groups in total. The maximum Gasteiger partial charge on any atom is 0.333 e. The van der Waals surface area contributed by atoms with Gasteiger partial charge in [-0.15, -0.1) is 0 Å². The van der Waals surface area contributed by atoms with Crippen molar-refractivity contribution in [1.29, 1.82) is 0 Å². The minimum absolute atomic E-state index is 0.114. The molecule has 0 aromatic heterocycles. The highest BCUT2D eigenvalue weighted by molar-refractivity contribution is 6.14. The van der Waals surface area contributed by atoms with Gasteiger partial charge in [0.05, 0.1) is 13.1 Å². The molecule has 10 heteroatoms. The lowest BCUT2D eigenvalue weighted by molar-refractivity contribution is -0.143. The SMILES string of the molecule is Cc1ccc([C@H](F)CN2C(=O)CC(=O)N(C[C@H](F)c3ccc(F)c(F)c3)C2=O)cc1F. The molecule has 2 aromatic rings. The number of benzene rings is 2. The summed E-state index contributed by atoms with van der Waals surface area (Å²) in [5.41, 5.74) is -0.150. The van der Waals surface area contributed by atoms with Gasteiger partial charge in [0.1, 0.15) is 24.6 Å². The summed E-state index contributed by atoms with van der Waals surface area (Å²) < 4.78 is 69.2. The van der Waals surface area contributed by atoms with Crippen molar-refractivity contribution in [2.24, 2.45) is 0 Å². The molecule has 5 nitrogen and oxygen atoms in total. The topological polar surface area (TPSA) is 57.7 Å². The van der Waals surface area contributed by atoms with E-state index in [0.29, 0.717) is 21.9 Å². The van der Waals surface area contributed by atoms with Crippen LogP contribution in [0.15, 0.2) is 36.4 Å². The van der Waals surface area contributed by atoms with Crippen molar-refractivity contribution in [2.75, 3.05) is 13.1 Å². The molecule has 164 valence electrons. The molecule has 31 heavy (non-hydrogen) atoms. The van der Waals surface area contributed by atoms with Gasteiger partial charge < -0.3 is 0 Å². The van der Waals surface area contributed by atoms with Gasteiger partial charge >= 0.3 is 6.03 Å². The summed E-state index contributed by atoms with van der Waals surface area (Å²) in [6, 6.07) is 4.55. The Morgan fingerprint density at radius 1 is 0.774 bits per heavy atom. The van der Waals surface area contributed by atoms with Crippen LogP contribution in [0.2, 0.25) is 0 Å². The van der Waals surface area contributed by atoms with E-state index in [0.717, 1.165) is 12.1 Å². The second kappa shape index (κ2) is 8.83. The molecule has 0 radical (unpaired) electrons. The number of nitrogens with zero attached hydrogens (tertiary/aromatic N) is 2. The largest absolute Gasteiger partial charge is 0.333 e. The van der Waals surface area contributed by atoms with Gasteiger partial charge in [-0.05, 0) is 41.8 Å². The summed E-state index contributed by atoms with van der Waals surface area (Å²) >= 11 is 0. The second-order valence-corrected chi connectivity index (χ2v) is 7.09. The Balaban J connectivity index is 1.76. The van der Waals surface area contributed by atoms with Crippen molar-refractivity contribution in [1.82, 2.24) is 9.80 Å². The average molecular weight is 440 g/mol. The third kappa shape index (κ3) is 4.73. The summed E-state index contributed by atoms with van der Waals surface area (Å²) in [5.74, 6) is -5.16. The number of rotatable bonds is 6. The van der Waals surface area contributed by atoms with Crippen LogP contribution in [0.3, 0.4) is 0 Å². The van der Waals surface area contributed by atoms with Crippen LogP contribution in [-0.2, 0) is 9.59 Å². The van der Waals surface area contributed by atoms with E-state index in [1.54, 1.807) is 0 Å². The molecule has 4 amide bonds. The van der Waals surface area contributed by atoms with E-state index in [1.165, 1.54) is 19.1 Å². The first-order valence-corrected chi connectivity index (χ1v) is 9.22. The van der Waals surface area contributed by atoms with Crippen LogP contribution in [0.1, 0.15) is 35.5 Å². The van der Waals surface area contributed by atoms with Gasteiger partial charge in [0.25, 0.3) is 0 Å². The van der Waals surface area contributed by atoms with Crippen molar-refractivity contribution in [3.05, 3.63) is 70.5 Å². The molecule has 0 unspecified atom stereocenters. The van der Waals surface area contributed by atoms with E-state index in [4.69, 9.17) is 0 Å². The molecule has 2 aromatic carbocycles. The highest BCUT2D eigenvalue weighted by atomic mass is 19.2. The van der Waals surface area contributed by atoms with E-state index >= 15 is 0 Å². The Kier molecular flexibility index (Phi) is 6.37. The monoisotopic (exact) mass is 440 g/mol. The van der Waals surface area contributed by atoms with E-state index < -0.39 is 67.2 Å². The molecule has 1 aliphatic heterocycles. The first kappa shape index (κ1) is 22.4. The van der Waals surface area contributed by atoms with Gasteiger partial charge in [-0.1, -0.05) is 18.2 Å². The molecule has 3 rings (SSSR count). The number of hydrogen-bond donors (Lipinski definition) is 0. The zero-order valence-corrected chi connectivity index (χ0v) is 16.2. The lowest BCUT2D eigenvalue weighted by atomic mass is 10.1. The average Bonchev–Trinajstić information content (AvgIpc) is 2.72. The predicted molar refractivity (Wildman–Crippen MR) is 98.6 cm³/mol. The van der Waals surface area contributed by atoms with Gasteiger partial charge in [0, 0.05) is 0 Å². The Morgan fingerprint density at radius 3 is 1.74 bits per heavy atom. The number of carbonyl (C=O) groups is 3. The zero-order chi connectivity index (χ0) is 22.9. The van der Waals surface area contributed by atoms with Gasteiger partial charge in [-0.25, -0.2) is 26.7 Å². The number of halogens is 5. The fourth-order valence-corrected chi connectivity index (χ4v) is 3.08. The number of aryl methyl sites for hydroxylation is 1. The van der Waals surface area contributed by atoms with Gasteiger partial charge in [-0.2, -0.15) is 0 Å². The Hall–Kier alpha value is -3.30. The van der Waals surface area contributed by atoms with Crippen LogP contribution in [0.5, 0.6) is 0 Å². The van der Waals surface area contributed by atoms with Crippen LogP contribution in [-0.4, -0.2) is 40.7 Å². The van der Waals surface area contributed by atoms with Crippen LogP contribution in [0.25, 0.3) is 0 Å². The number of carbonyl (C=O) groups excluding carboxylic acids is 3. The first-order valence-electron chi connectivity index (χ1n) is 9.22. The van der Waals surface area contributed by atoms with Crippen molar-refractivity contribution in [3.63, 3.8) is 0 Å². The molecule has 1 aliphatic rings. The van der Waals surface area contributed by atoms with Gasteiger partial charge in [0.15, 0.2) is 11.6 Å². The highest BCUT2D eigenvalue weighted by Crippen LogP contribution is 2.26. The molecular formula is C21H17F5N2O3. The fourth-order valence-electron chi connectivity index (χ4n) is 3.08. The number of amides is 4. The van der Waals surface area contributed by atoms with E-state index in [9.17, 15) is 36.3 Å². The molecule has 1 saturated heterocycles. The van der Waals surface area contributed by atoms with E-state index in [-0.39, 0.29) is 16.7 Å². The highest BCUT2D eigenvalue weighted by Gasteiger charge is 2.40.